The van der Waals surface area contributed by atoms with Gasteiger partial charge >= 0.3 is 5.97 Å². The smallest absolute Gasteiger partial charge is 0.340 e. The fourth-order valence-electron chi connectivity index (χ4n) is 2.74. The van der Waals surface area contributed by atoms with Crippen LogP contribution in [-0.2, 0) is 20.8 Å². The Labute approximate surface area is 124 Å². The van der Waals surface area contributed by atoms with Crippen LogP contribution in [0.5, 0.6) is 0 Å². The summed E-state index contributed by atoms with van der Waals surface area (Å²) in [5, 5.41) is 0. The van der Waals surface area contributed by atoms with Crippen LogP contribution in [0.4, 0.5) is 5.69 Å². The van der Waals surface area contributed by atoms with Crippen LogP contribution in [0.15, 0.2) is 18.2 Å². The van der Waals surface area contributed by atoms with Gasteiger partial charge in [-0.05, 0) is 11.6 Å². The zero-order valence-electron chi connectivity index (χ0n) is 12.7. The molecule has 0 spiro atoms. The largest absolute Gasteiger partial charge is 0.465 e. The van der Waals surface area contributed by atoms with E-state index in [0.717, 1.165) is 18.7 Å². The van der Waals surface area contributed by atoms with Crippen LogP contribution < -0.4 is 5.73 Å². The van der Waals surface area contributed by atoms with Gasteiger partial charge < -0.3 is 19.9 Å². The standard InChI is InChI=1S/C15H22N2O4/c1-19-12-8-17(9-13(12)20-2)7-10-5-4-6-11(16)14(10)15(18)21-3/h4-6,12-13H,7-9,16H2,1-3H3. The fourth-order valence-corrected chi connectivity index (χ4v) is 2.74. The van der Waals surface area contributed by atoms with Crippen LogP contribution in [0.3, 0.4) is 0 Å². The molecule has 1 saturated heterocycles. The minimum absolute atomic E-state index is 0.0395. The number of hydrogen-bond donors (Lipinski definition) is 1. The van der Waals surface area contributed by atoms with Crippen molar-refractivity contribution in [2.45, 2.75) is 18.8 Å². The van der Waals surface area contributed by atoms with Crippen molar-refractivity contribution >= 4 is 11.7 Å². The molecule has 1 aromatic carbocycles. The molecule has 1 aliphatic rings. The summed E-state index contributed by atoms with van der Waals surface area (Å²) in [4.78, 5) is 14.1. The average molecular weight is 294 g/mol. The van der Waals surface area contributed by atoms with Crippen molar-refractivity contribution < 1.29 is 19.0 Å². The quantitative estimate of drug-likeness (QED) is 0.642. The zero-order chi connectivity index (χ0) is 15.4. The molecular formula is C15H22N2O4. The van der Waals surface area contributed by atoms with Gasteiger partial charge in [-0.2, -0.15) is 0 Å². The SMILES string of the molecule is COC(=O)c1c(N)cccc1CN1CC(OC)C(OC)C1. The molecule has 21 heavy (non-hydrogen) atoms. The maximum Gasteiger partial charge on any atom is 0.340 e. The van der Waals surface area contributed by atoms with Gasteiger partial charge in [0.05, 0.1) is 24.9 Å². The average Bonchev–Trinajstić information content (AvgIpc) is 2.88. The maximum atomic E-state index is 11.9. The van der Waals surface area contributed by atoms with Crippen LogP contribution in [-0.4, -0.2) is 57.5 Å². The summed E-state index contributed by atoms with van der Waals surface area (Å²) >= 11 is 0. The maximum absolute atomic E-state index is 11.9. The highest BCUT2D eigenvalue weighted by Gasteiger charge is 2.33. The third-order valence-corrected chi connectivity index (χ3v) is 3.86. The van der Waals surface area contributed by atoms with Crippen LogP contribution in [0.2, 0.25) is 0 Å². The topological polar surface area (TPSA) is 74.0 Å². The Hall–Kier alpha value is -1.63. The lowest BCUT2D eigenvalue weighted by molar-refractivity contribution is -0.00461. The molecule has 1 heterocycles. The highest BCUT2D eigenvalue weighted by atomic mass is 16.5. The molecule has 2 N–H and O–H groups in total. The molecule has 1 aromatic rings. The van der Waals surface area contributed by atoms with Crippen molar-refractivity contribution in [1.82, 2.24) is 4.90 Å². The number of nitrogen functional groups attached to an aromatic ring is 1. The summed E-state index contributed by atoms with van der Waals surface area (Å²) < 4.78 is 15.7. The Bertz CT molecular complexity index is 494. The van der Waals surface area contributed by atoms with Crippen LogP contribution >= 0.6 is 0 Å². The normalized spacial score (nSPS) is 22.4. The van der Waals surface area contributed by atoms with Gasteiger partial charge in [0, 0.05) is 39.5 Å². The van der Waals surface area contributed by atoms with Gasteiger partial charge in [0.1, 0.15) is 0 Å². The van der Waals surface area contributed by atoms with E-state index in [1.54, 1.807) is 20.3 Å². The Morgan fingerprint density at radius 3 is 2.38 bits per heavy atom. The Morgan fingerprint density at radius 1 is 1.24 bits per heavy atom. The lowest BCUT2D eigenvalue weighted by atomic mass is 10.1. The van der Waals surface area contributed by atoms with E-state index in [2.05, 4.69) is 4.90 Å². The number of methoxy groups -OCH3 is 3. The number of benzene rings is 1. The molecule has 6 heteroatoms. The predicted molar refractivity (Wildman–Crippen MR) is 79.1 cm³/mol. The van der Waals surface area contributed by atoms with Crippen molar-refractivity contribution in [3.05, 3.63) is 29.3 Å². The second-order valence-corrected chi connectivity index (χ2v) is 5.12. The van der Waals surface area contributed by atoms with Gasteiger partial charge in [0.25, 0.3) is 0 Å². The minimum Gasteiger partial charge on any atom is -0.465 e. The van der Waals surface area contributed by atoms with E-state index in [4.69, 9.17) is 19.9 Å². The summed E-state index contributed by atoms with van der Waals surface area (Å²) in [6.07, 6.45) is 0.0790. The number of carbonyl (C=O) groups excluding carboxylic acids is 1. The van der Waals surface area contributed by atoms with Crippen molar-refractivity contribution in [2.75, 3.05) is 40.2 Å². The number of nitrogens with two attached hydrogens (primary N) is 1. The molecule has 2 unspecified atom stereocenters. The summed E-state index contributed by atoms with van der Waals surface area (Å²) in [7, 11) is 4.72. The molecule has 0 amide bonds. The molecule has 0 aromatic heterocycles. The van der Waals surface area contributed by atoms with E-state index in [-0.39, 0.29) is 12.2 Å². The van der Waals surface area contributed by atoms with Crippen molar-refractivity contribution in [3.8, 4) is 0 Å². The number of likely N-dealkylation sites (tertiary alicyclic amines) is 1. The molecule has 2 rings (SSSR count). The number of hydrogen-bond acceptors (Lipinski definition) is 6. The number of esters is 1. The van der Waals surface area contributed by atoms with Gasteiger partial charge in [-0.1, -0.05) is 12.1 Å². The van der Waals surface area contributed by atoms with Crippen molar-refractivity contribution in [2.24, 2.45) is 0 Å². The van der Waals surface area contributed by atoms with E-state index in [9.17, 15) is 4.79 Å². The lowest BCUT2D eigenvalue weighted by Crippen LogP contribution is -2.27. The van der Waals surface area contributed by atoms with Gasteiger partial charge in [-0.15, -0.1) is 0 Å². The first kappa shape index (κ1) is 15.8. The molecule has 1 fully saturated rings. The first-order valence-electron chi connectivity index (χ1n) is 6.84. The molecule has 1 aliphatic heterocycles. The van der Waals surface area contributed by atoms with E-state index in [0.29, 0.717) is 17.8 Å². The number of rotatable bonds is 5. The Morgan fingerprint density at radius 2 is 1.86 bits per heavy atom. The van der Waals surface area contributed by atoms with E-state index < -0.39 is 5.97 Å². The molecule has 0 bridgehead atoms. The first-order chi connectivity index (χ1) is 10.1. The fraction of sp³-hybridized carbons (Fsp3) is 0.533. The van der Waals surface area contributed by atoms with Crippen molar-refractivity contribution in [3.63, 3.8) is 0 Å². The third-order valence-electron chi connectivity index (χ3n) is 3.86. The minimum atomic E-state index is -0.408. The number of anilines is 1. The Balaban J connectivity index is 2.17. The highest BCUT2D eigenvalue weighted by Crippen LogP contribution is 2.23. The molecule has 0 radical (unpaired) electrons. The summed E-state index contributed by atoms with van der Waals surface area (Å²) in [6, 6.07) is 5.44. The zero-order valence-corrected chi connectivity index (χ0v) is 12.7. The van der Waals surface area contributed by atoms with Crippen LogP contribution in [0.25, 0.3) is 0 Å². The predicted octanol–water partition coefficient (Wildman–Crippen LogP) is 0.901. The van der Waals surface area contributed by atoms with Gasteiger partial charge in [-0.3, -0.25) is 4.90 Å². The second kappa shape index (κ2) is 6.89. The molecular weight excluding hydrogens is 272 g/mol. The summed E-state index contributed by atoms with van der Waals surface area (Å²) in [5.74, 6) is -0.408. The second-order valence-electron chi connectivity index (χ2n) is 5.12. The lowest BCUT2D eigenvalue weighted by Gasteiger charge is -2.18. The van der Waals surface area contributed by atoms with Crippen molar-refractivity contribution in [1.29, 1.82) is 0 Å². The summed E-state index contributed by atoms with van der Waals surface area (Å²) in [5.41, 5.74) is 7.64. The van der Waals surface area contributed by atoms with Gasteiger partial charge in [0.2, 0.25) is 0 Å². The highest BCUT2D eigenvalue weighted by molar-refractivity contribution is 5.96. The molecule has 2 atom stereocenters. The van der Waals surface area contributed by atoms with E-state index in [1.807, 2.05) is 12.1 Å². The molecule has 0 aliphatic carbocycles. The molecule has 6 nitrogen and oxygen atoms in total. The monoisotopic (exact) mass is 294 g/mol. The van der Waals surface area contributed by atoms with Crippen LogP contribution in [0, 0.1) is 0 Å². The van der Waals surface area contributed by atoms with E-state index >= 15 is 0 Å². The Kier molecular flexibility index (Phi) is 5.17. The molecule has 116 valence electrons. The first-order valence-corrected chi connectivity index (χ1v) is 6.84. The number of carbonyl (C=O) groups is 1. The number of nitrogens with zero attached hydrogens (tertiary/aromatic N) is 1. The van der Waals surface area contributed by atoms with Crippen LogP contribution in [0.1, 0.15) is 15.9 Å². The van der Waals surface area contributed by atoms with Gasteiger partial charge in [0.15, 0.2) is 0 Å². The number of ether oxygens (including phenoxy) is 3. The summed E-state index contributed by atoms with van der Waals surface area (Å²) in [6.45, 7) is 2.12. The van der Waals surface area contributed by atoms with Gasteiger partial charge in [-0.25, -0.2) is 4.79 Å². The molecule has 0 saturated carbocycles. The van der Waals surface area contributed by atoms with E-state index in [1.165, 1.54) is 7.11 Å². The third kappa shape index (κ3) is 3.34.